The molecule has 0 amide bonds. The number of carbonyl (C=O) groups is 1. The Bertz CT molecular complexity index is 780. The van der Waals surface area contributed by atoms with E-state index in [4.69, 9.17) is 14.2 Å². The molecule has 0 bridgehead atoms. The van der Waals surface area contributed by atoms with Gasteiger partial charge in [0.25, 0.3) is 0 Å². The first-order valence-corrected chi connectivity index (χ1v) is 12.3. The number of rotatable bonds is 11. The van der Waals surface area contributed by atoms with Crippen molar-refractivity contribution in [1.29, 1.82) is 0 Å². The van der Waals surface area contributed by atoms with Crippen LogP contribution in [0.4, 0.5) is 0 Å². The zero-order chi connectivity index (χ0) is 23.1. The Morgan fingerprint density at radius 3 is 2.42 bits per heavy atom. The molecule has 1 aromatic carbocycles. The minimum Gasteiger partial charge on any atom is -0.461 e. The lowest BCUT2D eigenvalue weighted by Crippen LogP contribution is -2.45. The lowest BCUT2D eigenvalue weighted by Gasteiger charge is -2.35. The summed E-state index contributed by atoms with van der Waals surface area (Å²) in [6.07, 6.45) is 5.48. The van der Waals surface area contributed by atoms with Gasteiger partial charge in [-0.1, -0.05) is 36.3 Å². The molecule has 0 aliphatic carbocycles. The Morgan fingerprint density at radius 2 is 1.87 bits per heavy atom. The van der Waals surface area contributed by atoms with E-state index in [1.165, 1.54) is 12.5 Å². The van der Waals surface area contributed by atoms with Crippen LogP contribution in [0, 0.1) is 6.92 Å². The summed E-state index contributed by atoms with van der Waals surface area (Å²) < 4.78 is 29.9. The van der Waals surface area contributed by atoms with Gasteiger partial charge in [-0.25, -0.2) is 0 Å². The van der Waals surface area contributed by atoms with Gasteiger partial charge in [-0.2, -0.15) is 0 Å². The Hall–Kier alpha value is -1.50. The maximum atomic E-state index is 13.5. The normalized spacial score (nSPS) is 20.1. The minimum absolute atomic E-state index is 0.337. The summed E-state index contributed by atoms with van der Waals surface area (Å²) in [6, 6.07) is 7.75. The first-order valence-electron chi connectivity index (χ1n) is 11.2. The lowest BCUT2D eigenvalue weighted by atomic mass is 9.94. The molecule has 2 rings (SSSR count). The van der Waals surface area contributed by atoms with E-state index in [0.29, 0.717) is 26.1 Å². The highest BCUT2D eigenvalue weighted by Gasteiger charge is 2.41. The van der Waals surface area contributed by atoms with Gasteiger partial charge in [-0.05, 0) is 65.5 Å². The molecule has 6 heteroatoms. The molecule has 0 radical (unpaired) electrons. The Morgan fingerprint density at radius 1 is 1.26 bits per heavy atom. The highest BCUT2D eigenvalue weighted by molar-refractivity contribution is 7.86. The molecule has 1 fully saturated rings. The van der Waals surface area contributed by atoms with E-state index in [0.717, 1.165) is 29.7 Å². The average molecular weight is 451 g/mol. The fourth-order valence-electron chi connectivity index (χ4n) is 3.84. The van der Waals surface area contributed by atoms with Crippen molar-refractivity contribution in [3.05, 3.63) is 41.5 Å². The van der Waals surface area contributed by atoms with Crippen LogP contribution in [-0.4, -0.2) is 40.0 Å². The van der Waals surface area contributed by atoms with Crippen LogP contribution in [0.5, 0.6) is 0 Å². The molecular weight excluding hydrogens is 412 g/mol. The molecule has 0 N–H and O–H groups in total. The van der Waals surface area contributed by atoms with Gasteiger partial charge in [0.1, 0.15) is 6.10 Å². The quantitative estimate of drug-likeness (QED) is 0.330. The zero-order valence-electron chi connectivity index (χ0n) is 19.9. The molecule has 174 valence electrons. The predicted molar refractivity (Wildman–Crippen MR) is 124 cm³/mol. The molecule has 3 atom stereocenters. The number of hydrogen-bond acceptors (Lipinski definition) is 5. The Kier molecular flexibility index (Phi) is 9.46. The number of aryl methyl sites for hydroxylation is 1. The van der Waals surface area contributed by atoms with Gasteiger partial charge in [0.15, 0.2) is 5.79 Å². The van der Waals surface area contributed by atoms with Gasteiger partial charge in [0.2, 0.25) is 0 Å². The van der Waals surface area contributed by atoms with Crippen molar-refractivity contribution in [2.75, 3.05) is 13.2 Å². The van der Waals surface area contributed by atoms with E-state index in [2.05, 4.69) is 13.0 Å². The monoisotopic (exact) mass is 450 g/mol. The standard InChI is InChI=1S/C25H38O5S/c1-7-24(5,31(27)22-13-10-20(3)11-14-22)23(30-21(4)26)15-12-19(2)9-8-16-25(6)28-17-18-29-25/h9-11,13-14,23H,7-8,12,15-18H2,1-6H3/b19-9+/t23-,24-,31+/m1/s1. The van der Waals surface area contributed by atoms with E-state index in [1.54, 1.807) is 0 Å². The fraction of sp³-hybridized carbons (Fsp3) is 0.640. The molecule has 0 saturated carbocycles. The maximum Gasteiger partial charge on any atom is 0.302 e. The van der Waals surface area contributed by atoms with Gasteiger partial charge < -0.3 is 14.2 Å². The molecule has 31 heavy (non-hydrogen) atoms. The molecule has 0 unspecified atom stereocenters. The second-order valence-electron chi connectivity index (χ2n) is 8.80. The van der Waals surface area contributed by atoms with Crippen LogP contribution in [0.25, 0.3) is 0 Å². The second-order valence-corrected chi connectivity index (χ2v) is 10.7. The molecule has 1 saturated heterocycles. The van der Waals surface area contributed by atoms with Crippen LogP contribution < -0.4 is 0 Å². The largest absolute Gasteiger partial charge is 0.461 e. The minimum atomic E-state index is -1.30. The number of esters is 1. The summed E-state index contributed by atoms with van der Waals surface area (Å²) in [5, 5.41) is 0. The van der Waals surface area contributed by atoms with Crippen molar-refractivity contribution >= 4 is 16.8 Å². The molecule has 0 spiro atoms. The number of allylic oxidation sites excluding steroid dienone is 2. The number of hydrogen-bond donors (Lipinski definition) is 0. The van der Waals surface area contributed by atoms with Crippen LogP contribution in [0.15, 0.2) is 40.8 Å². The van der Waals surface area contributed by atoms with Gasteiger partial charge in [-0.3, -0.25) is 9.00 Å². The first-order chi connectivity index (χ1) is 14.6. The zero-order valence-corrected chi connectivity index (χ0v) is 20.7. The third-order valence-electron chi connectivity index (χ3n) is 6.14. The van der Waals surface area contributed by atoms with Crippen molar-refractivity contribution in [2.45, 2.75) is 95.2 Å². The highest BCUT2D eigenvalue weighted by Crippen LogP contribution is 2.33. The number of ether oxygens (including phenoxy) is 3. The maximum absolute atomic E-state index is 13.5. The molecule has 1 aromatic rings. The predicted octanol–water partition coefficient (Wildman–Crippen LogP) is 5.47. The topological polar surface area (TPSA) is 61.8 Å². The van der Waals surface area contributed by atoms with Crippen molar-refractivity contribution in [1.82, 2.24) is 0 Å². The van der Waals surface area contributed by atoms with Gasteiger partial charge in [0.05, 0.1) is 28.8 Å². The van der Waals surface area contributed by atoms with E-state index in [9.17, 15) is 9.00 Å². The molecule has 0 aromatic heterocycles. The van der Waals surface area contributed by atoms with Crippen molar-refractivity contribution in [2.24, 2.45) is 0 Å². The van der Waals surface area contributed by atoms with Gasteiger partial charge >= 0.3 is 5.97 Å². The number of benzene rings is 1. The third-order valence-corrected chi connectivity index (χ3v) is 8.24. The van der Waals surface area contributed by atoms with E-state index >= 15 is 0 Å². The summed E-state index contributed by atoms with van der Waals surface area (Å²) in [5.41, 5.74) is 2.34. The first kappa shape index (κ1) is 25.8. The summed E-state index contributed by atoms with van der Waals surface area (Å²) in [4.78, 5) is 12.6. The third kappa shape index (κ3) is 7.26. The van der Waals surface area contributed by atoms with E-state index in [1.807, 2.05) is 52.0 Å². The Balaban J connectivity index is 2.07. The van der Waals surface area contributed by atoms with Crippen LogP contribution in [0.2, 0.25) is 0 Å². The van der Waals surface area contributed by atoms with Gasteiger partial charge in [-0.15, -0.1) is 0 Å². The second kappa shape index (κ2) is 11.4. The molecule has 1 aliphatic heterocycles. The summed E-state index contributed by atoms with van der Waals surface area (Å²) in [7, 11) is -1.30. The van der Waals surface area contributed by atoms with Crippen LogP contribution in [-0.2, 0) is 29.8 Å². The Labute approximate surface area is 190 Å². The lowest BCUT2D eigenvalue weighted by molar-refractivity contribution is -0.148. The SMILES string of the molecule is CC[C@](C)([C@@H](CC/C(C)=C/CCC1(C)OCCO1)OC(C)=O)[S@@](=O)c1ccc(C)cc1. The molecule has 5 nitrogen and oxygen atoms in total. The highest BCUT2D eigenvalue weighted by atomic mass is 32.2. The average Bonchev–Trinajstić information content (AvgIpc) is 3.16. The number of carbonyl (C=O) groups excluding carboxylic acids is 1. The van der Waals surface area contributed by atoms with Crippen molar-refractivity contribution < 1.29 is 23.2 Å². The molecular formula is C25H38O5S. The smallest absolute Gasteiger partial charge is 0.302 e. The molecule has 1 heterocycles. The van der Waals surface area contributed by atoms with E-state index < -0.39 is 27.4 Å². The summed E-state index contributed by atoms with van der Waals surface area (Å²) in [6.45, 7) is 12.8. The van der Waals surface area contributed by atoms with Crippen molar-refractivity contribution in [3.63, 3.8) is 0 Å². The van der Waals surface area contributed by atoms with Gasteiger partial charge in [0, 0.05) is 18.2 Å². The van der Waals surface area contributed by atoms with Crippen LogP contribution >= 0.6 is 0 Å². The van der Waals surface area contributed by atoms with E-state index in [-0.39, 0.29) is 5.97 Å². The summed E-state index contributed by atoms with van der Waals surface area (Å²) >= 11 is 0. The van der Waals surface area contributed by atoms with Crippen molar-refractivity contribution in [3.8, 4) is 0 Å². The van der Waals surface area contributed by atoms with Crippen LogP contribution in [0.3, 0.4) is 0 Å². The molecule has 1 aliphatic rings. The fourth-order valence-corrected chi connectivity index (χ4v) is 5.43. The summed E-state index contributed by atoms with van der Waals surface area (Å²) in [5.74, 6) is -0.821. The van der Waals surface area contributed by atoms with Crippen LogP contribution in [0.1, 0.15) is 72.3 Å².